The Hall–Kier alpha value is -1.88. The van der Waals surface area contributed by atoms with E-state index in [2.05, 4.69) is 0 Å². The van der Waals surface area contributed by atoms with Crippen molar-refractivity contribution in [1.29, 1.82) is 0 Å². The molecule has 1 rings (SSSR count). The minimum Gasteiger partial charge on any atom is -0.494 e. The number of ether oxygens (including phenoxy) is 2. The molecule has 0 aliphatic rings. The number of Topliss-reactive ketones (excluding diaryl/α,β-unsaturated/α-hetero) is 1. The van der Waals surface area contributed by atoms with Gasteiger partial charge in [-0.1, -0.05) is 0 Å². The van der Waals surface area contributed by atoms with Crippen LogP contribution in [0, 0.1) is 0 Å². The lowest BCUT2D eigenvalue weighted by Crippen LogP contribution is -2.14. The van der Waals surface area contributed by atoms with E-state index in [1.54, 1.807) is 24.3 Å². The summed E-state index contributed by atoms with van der Waals surface area (Å²) in [6.45, 7) is 1.73. The molecule has 0 aromatic heterocycles. The molecule has 1 aromatic carbocycles. The third-order valence-corrected chi connectivity index (χ3v) is 1.95. The van der Waals surface area contributed by atoms with Gasteiger partial charge in [-0.25, -0.2) is 4.79 Å². The van der Waals surface area contributed by atoms with Crippen LogP contribution < -0.4 is 4.74 Å². The second-order valence-corrected chi connectivity index (χ2v) is 3.27. The van der Waals surface area contributed by atoms with Crippen LogP contribution in [-0.4, -0.2) is 36.7 Å². The number of carbonyl (C=O) groups excluding carboxylic acids is 1. The first-order valence-corrected chi connectivity index (χ1v) is 5.19. The summed E-state index contributed by atoms with van der Waals surface area (Å²) in [5.41, 5.74) is 0.471. The molecule has 0 aliphatic heterocycles. The Morgan fingerprint density at radius 2 is 1.82 bits per heavy atom. The van der Waals surface area contributed by atoms with Crippen molar-refractivity contribution >= 4 is 11.8 Å². The first-order chi connectivity index (χ1) is 8.13. The monoisotopic (exact) mass is 238 g/mol. The van der Waals surface area contributed by atoms with Crippen molar-refractivity contribution in [2.45, 2.75) is 6.92 Å². The summed E-state index contributed by atoms with van der Waals surface area (Å²) in [6.07, 6.45) is 0. The van der Waals surface area contributed by atoms with E-state index in [9.17, 15) is 9.59 Å². The van der Waals surface area contributed by atoms with Gasteiger partial charge >= 0.3 is 5.97 Å². The van der Waals surface area contributed by atoms with E-state index in [1.165, 1.54) is 0 Å². The lowest BCUT2D eigenvalue weighted by molar-refractivity contribution is -0.141. The minimum absolute atomic E-state index is 0.236. The van der Waals surface area contributed by atoms with Gasteiger partial charge in [-0.2, -0.15) is 0 Å². The van der Waals surface area contributed by atoms with Crippen molar-refractivity contribution in [2.24, 2.45) is 0 Å². The number of carboxylic acid groups (broad SMARTS) is 1. The summed E-state index contributed by atoms with van der Waals surface area (Å²) in [7, 11) is 0. The number of carbonyl (C=O) groups is 2. The van der Waals surface area contributed by atoms with Gasteiger partial charge in [0.25, 0.3) is 0 Å². The molecule has 0 aliphatic carbocycles. The average molecular weight is 238 g/mol. The van der Waals surface area contributed by atoms with Crippen LogP contribution in [0.3, 0.4) is 0 Å². The highest BCUT2D eigenvalue weighted by molar-refractivity contribution is 5.97. The third kappa shape index (κ3) is 4.65. The van der Waals surface area contributed by atoms with Gasteiger partial charge in [0.15, 0.2) is 5.78 Å². The standard InChI is InChI=1S/C12H14O5/c1-2-17-10-5-3-9(4-6-10)11(13)7-16-8-12(14)15/h3-6H,2,7-8H2,1H3,(H,14,15). The van der Waals surface area contributed by atoms with Gasteiger partial charge < -0.3 is 14.6 Å². The van der Waals surface area contributed by atoms with Gasteiger partial charge in [-0.05, 0) is 31.2 Å². The van der Waals surface area contributed by atoms with Crippen LogP contribution >= 0.6 is 0 Å². The first-order valence-electron chi connectivity index (χ1n) is 5.19. The van der Waals surface area contributed by atoms with Crippen LogP contribution in [0.15, 0.2) is 24.3 Å². The molecule has 0 saturated carbocycles. The van der Waals surface area contributed by atoms with Gasteiger partial charge in [-0.15, -0.1) is 0 Å². The average Bonchev–Trinajstić information content (AvgIpc) is 2.30. The number of hydrogen-bond donors (Lipinski definition) is 1. The molecule has 0 atom stereocenters. The highest BCUT2D eigenvalue weighted by Crippen LogP contribution is 2.12. The maximum absolute atomic E-state index is 11.5. The summed E-state index contributed by atoms with van der Waals surface area (Å²) < 4.78 is 9.94. The molecule has 5 heteroatoms. The fraction of sp³-hybridized carbons (Fsp3) is 0.333. The Morgan fingerprint density at radius 1 is 1.18 bits per heavy atom. The molecule has 0 heterocycles. The topological polar surface area (TPSA) is 72.8 Å². The van der Waals surface area contributed by atoms with Crippen LogP contribution in [0.4, 0.5) is 0 Å². The van der Waals surface area contributed by atoms with Crippen LogP contribution in [0.2, 0.25) is 0 Å². The number of aliphatic carboxylic acids is 1. The zero-order valence-corrected chi connectivity index (χ0v) is 9.51. The van der Waals surface area contributed by atoms with Gasteiger partial charge in [0.1, 0.15) is 19.0 Å². The zero-order valence-electron chi connectivity index (χ0n) is 9.51. The van der Waals surface area contributed by atoms with Crippen molar-refractivity contribution in [3.63, 3.8) is 0 Å². The van der Waals surface area contributed by atoms with Crippen molar-refractivity contribution < 1.29 is 24.2 Å². The molecular weight excluding hydrogens is 224 g/mol. The molecule has 1 N–H and O–H groups in total. The molecule has 0 amide bonds. The SMILES string of the molecule is CCOc1ccc(C(=O)COCC(=O)O)cc1. The molecule has 0 fully saturated rings. The Labute approximate surface area is 99.0 Å². The van der Waals surface area contributed by atoms with Crippen LogP contribution in [0.25, 0.3) is 0 Å². The van der Waals surface area contributed by atoms with E-state index in [0.29, 0.717) is 17.9 Å². The highest BCUT2D eigenvalue weighted by atomic mass is 16.5. The molecule has 17 heavy (non-hydrogen) atoms. The maximum Gasteiger partial charge on any atom is 0.329 e. The first kappa shape index (κ1) is 13.2. The number of hydrogen-bond acceptors (Lipinski definition) is 4. The predicted octanol–water partition coefficient (Wildman–Crippen LogP) is 1.37. The van der Waals surface area contributed by atoms with Crippen LogP contribution in [0.1, 0.15) is 17.3 Å². The smallest absolute Gasteiger partial charge is 0.329 e. The minimum atomic E-state index is -1.09. The molecule has 0 bridgehead atoms. The van der Waals surface area contributed by atoms with E-state index in [4.69, 9.17) is 14.6 Å². The van der Waals surface area contributed by atoms with Gasteiger partial charge in [0, 0.05) is 5.56 Å². The molecule has 0 unspecified atom stereocenters. The second-order valence-electron chi connectivity index (χ2n) is 3.27. The van der Waals surface area contributed by atoms with Crippen molar-refractivity contribution in [3.05, 3.63) is 29.8 Å². The molecule has 0 saturated heterocycles. The fourth-order valence-electron chi connectivity index (χ4n) is 1.22. The quantitative estimate of drug-likeness (QED) is 0.726. The van der Waals surface area contributed by atoms with Gasteiger partial charge in [0.05, 0.1) is 6.61 Å². The number of benzene rings is 1. The molecule has 92 valence electrons. The molecule has 0 radical (unpaired) electrons. The zero-order chi connectivity index (χ0) is 12.7. The summed E-state index contributed by atoms with van der Waals surface area (Å²) in [6, 6.07) is 6.62. The fourth-order valence-corrected chi connectivity index (χ4v) is 1.22. The maximum atomic E-state index is 11.5. The molecule has 1 aromatic rings. The Bertz CT molecular complexity index is 382. The van der Waals surface area contributed by atoms with Crippen molar-refractivity contribution in [3.8, 4) is 5.75 Å². The number of carboxylic acids is 1. The summed E-state index contributed by atoms with van der Waals surface area (Å²) in [5, 5.41) is 8.34. The van der Waals surface area contributed by atoms with Crippen LogP contribution in [0.5, 0.6) is 5.75 Å². The largest absolute Gasteiger partial charge is 0.494 e. The Kier molecular flexibility index (Phi) is 5.16. The summed E-state index contributed by atoms with van der Waals surface area (Å²) >= 11 is 0. The number of rotatable bonds is 7. The highest BCUT2D eigenvalue weighted by Gasteiger charge is 2.07. The van der Waals surface area contributed by atoms with E-state index >= 15 is 0 Å². The van der Waals surface area contributed by atoms with Gasteiger partial charge in [-0.3, -0.25) is 4.79 Å². The van der Waals surface area contributed by atoms with E-state index < -0.39 is 12.6 Å². The van der Waals surface area contributed by atoms with E-state index in [0.717, 1.165) is 0 Å². The molecule has 5 nitrogen and oxygen atoms in total. The van der Waals surface area contributed by atoms with Crippen LogP contribution in [-0.2, 0) is 9.53 Å². The Morgan fingerprint density at radius 3 is 2.35 bits per heavy atom. The van der Waals surface area contributed by atoms with Crippen molar-refractivity contribution in [1.82, 2.24) is 0 Å². The predicted molar refractivity (Wildman–Crippen MR) is 60.4 cm³/mol. The van der Waals surface area contributed by atoms with E-state index in [1.807, 2.05) is 6.92 Å². The lowest BCUT2D eigenvalue weighted by Gasteiger charge is -2.04. The summed E-state index contributed by atoms with van der Waals surface area (Å²) in [4.78, 5) is 21.7. The Balaban J connectivity index is 2.48. The van der Waals surface area contributed by atoms with Gasteiger partial charge in [0.2, 0.25) is 0 Å². The molecule has 0 spiro atoms. The van der Waals surface area contributed by atoms with E-state index in [-0.39, 0.29) is 12.4 Å². The second kappa shape index (κ2) is 6.65. The van der Waals surface area contributed by atoms with Crippen molar-refractivity contribution in [2.75, 3.05) is 19.8 Å². The lowest BCUT2D eigenvalue weighted by atomic mass is 10.1. The normalized spacial score (nSPS) is 9.94. The number of ketones is 1. The summed E-state index contributed by atoms with van der Waals surface area (Å²) in [5.74, 6) is -0.658. The third-order valence-electron chi connectivity index (χ3n) is 1.95. The molecular formula is C12H14O5.